The van der Waals surface area contributed by atoms with Crippen LogP contribution in [-0.4, -0.2) is 37.1 Å². The number of hydrogen-bond donors (Lipinski definition) is 2. The summed E-state index contributed by atoms with van der Waals surface area (Å²) in [4.78, 5) is 4.34. The zero-order chi connectivity index (χ0) is 15.1. The Balaban J connectivity index is 0.00000242. The van der Waals surface area contributed by atoms with Crippen molar-refractivity contribution in [1.29, 1.82) is 0 Å². The van der Waals surface area contributed by atoms with Gasteiger partial charge in [0.05, 0.1) is 0 Å². The molecule has 124 valence electrons. The van der Waals surface area contributed by atoms with Crippen LogP contribution < -0.4 is 10.6 Å². The van der Waals surface area contributed by atoms with E-state index in [0.29, 0.717) is 6.04 Å². The zero-order valence-electron chi connectivity index (χ0n) is 13.8. The molecule has 0 aromatic heterocycles. The molecule has 1 aromatic carbocycles. The van der Waals surface area contributed by atoms with Gasteiger partial charge >= 0.3 is 0 Å². The lowest BCUT2D eigenvalue weighted by Crippen LogP contribution is -2.43. The van der Waals surface area contributed by atoms with E-state index in [0.717, 1.165) is 24.2 Å². The van der Waals surface area contributed by atoms with Crippen LogP contribution in [0.1, 0.15) is 30.4 Å². The van der Waals surface area contributed by atoms with Gasteiger partial charge in [0.15, 0.2) is 5.96 Å². The number of aliphatic imine (C=N–C) groups is 1. The topological polar surface area (TPSA) is 36.4 Å². The number of rotatable bonds is 5. The van der Waals surface area contributed by atoms with Crippen molar-refractivity contribution in [2.75, 3.05) is 19.8 Å². The Morgan fingerprint density at radius 3 is 2.59 bits per heavy atom. The molecule has 0 radical (unpaired) electrons. The van der Waals surface area contributed by atoms with Crippen molar-refractivity contribution in [3.63, 3.8) is 0 Å². The lowest BCUT2D eigenvalue weighted by atomic mass is 10.1. The summed E-state index contributed by atoms with van der Waals surface area (Å²) in [5.41, 5.74) is 2.68. The molecule has 0 aliphatic heterocycles. The van der Waals surface area contributed by atoms with Crippen molar-refractivity contribution in [2.45, 2.75) is 43.9 Å². The molecule has 2 unspecified atom stereocenters. The number of aryl methyl sites for hydroxylation is 1. The molecule has 2 atom stereocenters. The first-order chi connectivity index (χ1) is 10.2. The average Bonchev–Trinajstić information content (AvgIpc) is 2.96. The van der Waals surface area contributed by atoms with Crippen LogP contribution in [0, 0.1) is 6.92 Å². The molecular weight excluding hydrogens is 405 g/mol. The molecule has 1 aliphatic carbocycles. The van der Waals surface area contributed by atoms with Gasteiger partial charge in [-0.1, -0.05) is 29.8 Å². The first-order valence-corrected chi connectivity index (χ1v) is 9.05. The van der Waals surface area contributed by atoms with Crippen molar-refractivity contribution in [3.05, 3.63) is 35.4 Å². The summed E-state index contributed by atoms with van der Waals surface area (Å²) >= 11 is 1.99. The van der Waals surface area contributed by atoms with Crippen LogP contribution in [0.25, 0.3) is 0 Å². The number of guanidine groups is 1. The highest BCUT2D eigenvalue weighted by atomic mass is 127. The summed E-state index contributed by atoms with van der Waals surface area (Å²) in [6.07, 6.45) is 7.06. The fraction of sp³-hybridized carbons (Fsp3) is 0.588. The van der Waals surface area contributed by atoms with Crippen LogP contribution in [0.4, 0.5) is 0 Å². The number of hydrogen-bond acceptors (Lipinski definition) is 2. The second-order valence-corrected chi connectivity index (χ2v) is 6.88. The largest absolute Gasteiger partial charge is 0.356 e. The van der Waals surface area contributed by atoms with Crippen molar-refractivity contribution >= 4 is 41.7 Å². The summed E-state index contributed by atoms with van der Waals surface area (Å²) in [6, 6.07) is 9.32. The third-order valence-corrected chi connectivity index (χ3v) is 5.20. The van der Waals surface area contributed by atoms with E-state index in [-0.39, 0.29) is 24.0 Å². The van der Waals surface area contributed by atoms with Gasteiger partial charge in [-0.05, 0) is 44.4 Å². The van der Waals surface area contributed by atoms with E-state index in [4.69, 9.17) is 0 Å². The summed E-state index contributed by atoms with van der Waals surface area (Å²) in [7, 11) is 1.85. The number of thioether (sulfide) groups is 1. The Morgan fingerprint density at radius 2 is 2.00 bits per heavy atom. The van der Waals surface area contributed by atoms with Gasteiger partial charge in [-0.25, -0.2) is 0 Å². The Morgan fingerprint density at radius 1 is 1.27 bits per heavy atom. The molecule has 2 N–H and O–H groups in total. The Bertz CT molecular complexity index is 461. The van der Waals surface area contributed by atoms with Gasteiger partial charge in [0.25, 0.3) is 0 Å². The molecule has 1 aromatic rings. The molecule has 0 spiro atoms. The van der Waals surface area contributed by atoms with E-state index in [1.807, 2.05) is 18.8 Å². The van der Waals surface area contributed by atoms with Crippen molar-refractivity contribution in [2.24, 2.45) is 4.99 Å². The first-order valence-electron chi connectivity index (χ1n) is 7.76. The van der Waals surface area contributed by atoms with E-state index >= 15 is 0 Å². The predicted molar refractivity (Wildman–Crippen MR) is 110 cm³/mol. The van der Waals surface area contributed by atoms with E-state index in [1.165, 1.54) is 30.4 Å². The average molecular weight is 433 g/mol. The standard InChI is InChI=1S/C17H27N3S.HI/c1-13-4-6-14(7-5-13)10-11-19-17(18-2)20-15-8-9-16(12-15)21-3;/h4-7,15-16H,8-12H2,1-3H3,(H2,18,19,20);1H. The quantitative estimate of drug-likeness (QED) is 0.423. The number of nitrogens with one attached hydrogen (secondary N) is 2. The van der Waals surface area contributed by atoms with E-state index in [9.17, 15) is 0 Å². The van der Waals surface area contributed by atoms with Crippen LogP contribution in [-0.2, 0) is 6.42 Å². The van der Waals surface area contributed by atoms with Gasteiger partial charge in [0.1, 0.15) is 0 Å². The maximum atomic E-state index is 4.34. The number of halogens is 1. The summed E-state index contributed by atoms with van der Waals surface area (Å²) in [5, 5.41) is 7.79. The highest BCUT2D eigenvalue weighted by Gasteiger charge is 2.24. The minimum atomic E-state index is 0. The van der Waals surface area contributed by atoms with E-state index in [1.54, 1.807) is 0 Å². The Hall–Kier alpha value is -0.430. The van der Waals surface area contributed by atoms with Gasteiger partial charge in [0.2, 0.25) is 0 Å². The molecule has 0 bridgehead atoms. The van der Waals surface area contributed by atoms with Gasteiger partial charge in [-0.2, -0.15) is 11.8 Å². The highest BCUT2D eigenvalue weighted by molar-refractivity contribution is 14.0. The van der Waals surface area contributed by atoms with Crippen LogP contribution >= 0.6 is 35.7 Å². The van der Waals surface area contributed by atoms with Gasteiger partial charge in [-0.15, -0.1) is 24.0 Å². The van der Waals surface area contributed by atoms with E-state index in [2.05, 4.69) is 53.1 Å². The fourth-order valence-electron chi connectivity index (χ4n) is 2.75. The normalized spacial score (nSPS) is 21.3. The highest BCUT2D eigenvalue weighted by Crippen LogP contribution is 2.27. The molecule has 1 aliphatic rings. The van der Waals surface area contributed by atoms with Gasteiger partial charge < -0.3 is 10.6 Å². The van der Waals surface area contributed by atoms with Crippen molar-refractivity contribution in [1.82, 2.24) is 10.6 Å². The van der Waals surface area contributed by atoms with Gasteiger partial charge in [0, 0.05) is 24.9 Å². The lowest BCUT2D eigenvalue weighted by Gasteiger charge is -2.17. The SMILES string of the molecule is CN=C(NCCc1ccc(C)cc1)NC1CCC(SC)C1.I. The molecule has 1 saturated carbocycles. The van der Waals surface area contributed by atoms with E-state index < -0.39 is 0 Å². The zero-order valence-corrected chi connectivity index (χ0v) is 16.9. The maximum absolute atomic E-state index is 4.34. The molecule has 3 nitrogen and oxygen atoms in total. The van der Waals surface area contributed by atoms with Crippen LogP contribution in [0.15, 0.2) is 29.3 Å². The van der Waals surface area contributed by atoms with Crippen LogP contribution in [0.2, 0.25) is 0 Å². The molecule has 22 heavy (non-hydrogen) atoms. The summed E-state index contributed by atoms with van der Waals surface area (Å²) in [5.74, 6) is 0.939. The predicted octanol–water partition coefficient (Wildman–Crippen LogP) is 3.60. The minimum absolute atomic E-state index is 0. The smallest absolute Gasteiger partial charge is 0.191 e. The minimum Gasteiger partial charge on any atom is -0.356 e. The fourth-order valence-corrected chi connectivity index (χ4v) is 3.55. The van der Waals surface area contributed by atoms with Crippen molar-refractivity contribution < 1.29 is 0 Å². The molecule has 0 saturated heterocycles. The van der Waals surface area contributed by atoms with Crippen molar-refractivity contribution in [3.8, 4) is 0 Å². The first kappa shape index (κ1) is 19.6. The Labute approximate surface area is 156 Å². The monoisotopic (exact) mass is 433 g/mol. The third kappa shape index (κ3) is 6.36. The van der Waals surface area contributed by atoms with Crippen LogP contribution in [0.5, 0.6) is 0 Å². The number of nitrogens with zero attached hydrogens (tertiary/aromatic N) is 1. The third-order valence-electron chi connectivity index (χ3n) is 4.11. The molecule has 0 amide bonds. The second kappa shape index (κ2) is 10.4. The molecule has 2 rings (SSSR count). The van der Waals surface area contributed by atoms with Gasteiger partial charge in [-0.3, -0.25) is 4.99 Å². The summed E-state index contributed by atoms with van der Waals surface area (Å²) in [6.45, 7) is 3.04. The lowest BCUT2D eigenvalue weighted by molar-refractivity contribution is 0.614. The Kier molecular flexibility index (Phi) is 9.24. The van der Waals surface area contributed by atoms with Crippen LogP contribution in [0.3, 0.4) is 0 Å². The number of benzene rings is 1. The maximum Gasteiger partial charge on any atom is 0.191 e. The molecule has 1 fully saturated rings. The summed E-state index contributed by atoms with van der Waals surface area (Å²) < 4.78 is 0. The second-order valence-electron chi connectivity index (χ2n) is 5.75. The molecule has 0 heterocycles. The molecule has 5 heteroatoms. The molecular formula is C17H28IN3S.